The van der Waals surface area contributed by atoms with Gasteiger partial charge in [0.25, 0.3) is 0 Å². The minimum absolute atomic E-state index is 0.534. The first-order chi connectivity index (χ1) is 12.3. The fraction of sp³-hybridized carbons (Fsp3) is 0.455. The molecular formula is C22H26O3. The van der Waals surface area contributed by atoms with Crippen molar-refractivity contribution in [3.8, 4) is 17.2 Å². The average Bonchev–Trinajstić information content (AvgIpc) is 3.16. The van der Waals surface area contributed by atoms with E-state index in [-0.39, 0.29) is 0 Å². The Balaban J connectivity index is 1.80. The lowest BCUT2D eigenvalue weighted by atomic mass is 9.67. The summed E-state index contributed by atoms with van der Waals surface area (Å²) in [6, 6.07) is 12.8. The van der Waals surface area contributed by atoms with Crippen molar-refractivity contribution in [2.24, 2.45) is 5.92 Å². The molecule has 0 aliphatic heterocycles. The molecule has 3 heteroatoms. The first-order valence-electron chi connectivity index (χ1n) is 9.14. The van der Waals surface area contributed by atoms with E-state index in [9.17, 15) is 0 Å². The molecule has 2 aliphatic carbocycles. The van der Waals surface area contributed by atoms with Gasteiger partial charge in [0.15, 0.2) is 0 Å². The lowest BCUT2D eigenvalue weighted by Gasteiger charge is -2.37. The fourth-order valence-electron chi connectivity index (χ4n) is 5.03. The third-order valence-corrected chi connectivity index (χ3v) is 6.14. The zero-order valence-corrected chi connectivity index (χ0v) is 15.2. The van der Waals surface area contributed by atoms with Crippen molar-refractivity contribution in [3.63, 3.8) is 0 Å². The standard InChI is InChI=1S/C22H26O3/c1-23-15-9-7-14(8-10-15)18-13-19-20(24-2)11-12-21(25-3)22(19)17-6-4-5-16(17)18/h7-12,16-18H,4-6,13H2,1-3H3. The molecule has 0 bridgehead atoms. The molecule has 3 atom stereocenters. The summed E-state index contributed by atoms with van der Waals surface area (Å²) >= 11 is 0. The summed E-state index contributed by atoms with van der Waals surface area (Å²) in [6.07, 6.45) is 4.85. The predicted molar refractivity (Wildman–Crippen MR) is 99.1 cm³/mol. The summed E-state index contributed by atoms with van der Waals surface area (Å²) < 4.78 is 16.8. The summed E-state index contributed by atoms with van der Waals surface area (Å²) in [6.45, 7) is 0. The number of hydrogen-bond donors (Lipinski definition) is 0. The van der Waals surface area contributed by atoms with Gasteiger partial charge in [0.1, 0.15) is 17.2 Å². The van der Waals surface area contributed by atoms with E-state index >= 15 is 0 Å². The van der Waals surface area contributed by atoms with Crippen molar-refractivity contribution in [3.05, 3.63) is 53.1 Å². The van der Waals surface area contributed by atoms with E-state index in [1.165, 1.54) is 36.0 Å². The number of fused-ring (bicyclic) bond motifs is 3. The molecule has 0 N–H and O–H groups in total. The molecule has 0 aromatic heterocycles. The van der Waals surface area contributed by atoms with Gasteiger partial charge in [0, 0.05) is 11.1 Å². The van der Waals surface area contributed by atoms with Crippen LogP contribution < -0.4 is 14.2 Å². The van der Waals surface area contributed by atoms with Crippen molar-refractivity contribution in [2.45, 2.75) is 37.5 Å². The van der Waals surface area contributed by atoms with Gasteiger partial charge in [-0.1, -0.05) is 18.6 Å². The predicted octanol–water partition coefficient (Wildman–Crippen LogP) is 4.94. The highest BCUT2D eigenvalue weighted by Gasteiger charge is 2.42. The first kappa shape index (κ1) is 16.3. The molecule has 132 valence electrons. The molecule has 2 aromatic rings. The SMILES string of the molecule is COc1ccc(C2Cc3c(OC)ccc(OC)c3C3CCCC23)cc1. The summed E-state index contributed by atoms with van der Waals surface area (Å²) in [5.41, 5.74) is 4.15. The second-order valence-corrected chi connectivity index (χ2v) is 7.15. The molecule has 2 aromatic carbocycles. The van der Waals surface area contributed by atoms with E-state index in [0.717, 1.165) is 23.7 Å². The molecule has 0 saturated heterocycles. The van der Waals surface area contributed by atoms with Gasteiger partial charge in [-0.3, -0.25) is 0 Å². The van der Waals surface area contributed by atoms with E-state index in [4.69, 9.17) is 14.2 Å². The Kier molecular flexibility index (Phi) is 4.32. The summed E-state index contributed by atoms with van der Waals surface area (Å²) in [4.78, 5) is 0. The van der Waals surface area contributed by atoms with Gasteiger partial charge in [-0.05, 0) is 66.8 Å². The second-order valence-electron chi connectivity index (χ2n) is 7.15. The number of ether oxygens (including phenoxy) is 3. The number of hydrogen-bond acceptors (Lipinski definition) is 3. The van der Waals surface area contributed by atoms with Crippen LogP contribution in [-0.2, 0) is 6.42 Å². The first-order valence-corrected chi connectivity index (χ1v) is 9.14. The monoisotopic (exact) mass is 338 g/mol. The molecule has 3 nitrogen and oxygen atoms in total. The maximum absolute atomic E-state index is 5.72. The van der Waals surface area contributed by atoms with Crippen molar-refractivity contribution in [1.29, 1.82) is 0 Å². The molecule has 0 radical (unpaired) electrons. The van der Waals surface area contributed by atoms with Gasteiger partial charge in [0.05, 0.1) is 21.3 Å². The van der Waals surface area contributed by atoms with Crippen molar-refractivity contribution >= 4 is 0 Å². The number of rotatable bonds is 4. The van der Waals surface area contributed by atoms with E-state index in [0.29, 0.717) is 17.8 Å². The van der Waals surface area contributed by atoms with Crippen LogP contribution in [0.1, 0.15) is 47.8 Å². The van der Waals surface area contributed by atoms with Crippen LogP contribution in [0.4, 0.5) is 0 Å². The molecule has 4 rings (SSSR count). The van der Waals surface area contributed by atoms with Crippen molar-refractivity contribution in [1.82, 2.24) is 0 Å². The van der Waals surface area contributed by atoms with Crippen LogP contribution >= 0.6 is 0 Å². The van der Waals surface area contributed by atoms with E-state index in [2.05, 4.69) is 36.4 Å². The second kappa shape index (κ2) is 6.62. The van der Waals surface area contributed by atoms with Gasteiger partial charge in [0.2, 0.25) is 0 Å². The van der Waals surface area contributed by atoms with Crippen molar-refractivity contribution in [2.75, 3.05) is 21.3 Å². The van der Waals surface area contributed by atoms with Gasteiger partial charge in [-0.25, -0.2) is 0 Å². The van der Waals surface area contributed by atoms with Gasteiger partial charge in [-0.2, -0.15) is 0 Å². The Bertz CT molecular complexity index is 751. The number of benzene rings is 2. The molecular weight excluding hydrogens is 312 g/mol. The van der Waals surface area contributed by atoms with Gasteiger partial charge in [-0.15, -0.1) is 0 Å². The van der Waals surface area contributed by atoms with Crippen LogP contribution in [0, 0.1) is 5.92 Å². The Morgan fingerprint density at radius 2 is 1.48 bits per heavy atom. The van der Waals surface area contributed by atoms with Gasteiger partial charge >= 0.3 is 0 Å². The fourth-order valence-corrected chi connectivity index (χ4v) is 5.03. The number of methoxy groups -OCH3 is 3. The summed E-state index contributed by atoms with van der Waals surface area (Å²) in [5.74, 6) is 4.73. The minimum Gasteiger partial charge on any atom is -0.497 e. The molecule has 3 unspecified atom stereocenters. The Labute approximate surface area is 149 Å². The Hall–Kier alpha value is -2.16. The van der Waals surface area contributed by atoms with Crippen molar-refractivity contribution < 1.29 is 14.2 Å². The highest BCUT2D eigenvalue weighted by Crippen LogP contribution is 2.56. The van der Waals surface area contributed by atoms with Crippen LogP contribution in [-0.4, -0.2) is 21.3 Å². The minimum atomic E-state index is 0.534. The topological polar surface area (TPSA) is 27.7 Å². The summed E-state index contributed by atoms with van der Waals surface area (Å²) in [5, 5.41) is 0. The third kappa shape index (κ3) is 2.66. The Morgan fingerprint density at radius 3 is 2.16 bits per heavy atom. The lowest BCUT2D eigenvalue weighted by molar-refractivity contribution is 0.331. The third-order valence-electron chi connectivity index (χ3n) is 6.14. The van der Waals surface area contributed by atoms with E-state index < -0.39 is 0 Å². The van der Waals surface area contributed by atoms with Crippen LogP contribution in [0.15, 0.2) is 36.4 Å². The maximum Gasteiger partial charge on any atom is 0.122 e. The maximum atomic E-state index is 5.72. The molecule has 25 heavy (non-hydrogen) atoms. The van der Waals surface area contributed by atoms with E-state index in [1.807, 2.05) is 0 Å². The molecule has 0 amide bonds. The van der Waals surface area contributed by atoms with Crippen LogP contribution in [0.2, 0.25) is 0 Å². The van der Waals surface area contributed by atoms with Crippen LogP contribution in [0.25, 0.3) is 0 Å². The smallest absolute Gasteiger partial charge is 0.122 e. The molecule has 0 spiro atoms. The Morgan fingerprint density at radius 1 is 0.760 bits per heavy atom. The largest absolute Gasteiger partial charge is 0.497 e. The molecule has 1 saturated carbocycles. The molecule has 1 fully saturated rings. The highest BCUT2D eigenvalue weighted by atomic mass is 16.5. The van der Waals surface area contributed by atoms with Crippen LogP contribution in [0.3, 0.4) is 0 Å². The lowest BCUT2D eigenvalue weighted by Crippen LogP contribution is -2.26. The molecule has 2 aliphatic rings. The highest BCUT2D eigenvalue weighted by molar-refractivity contribution is 5.54. The summed E-state index contributed by atoms with van der Waals surface area (Å²) in [7, 11) is 5.27. The zero-order valence-electron chi connectivity index (χ0n) is 15.2. The zero-order chi connectivity index (χ0) is 17.4. The van der Waals surface area contributed by atoms with E-state index in [1.54, 1.807) is 21.3 Å². The average molecular weight is 338 g/mol. The normalized spacial score (nSPS) is 24.4. The molecule has 0 heterocycles. The quantitative estimate of drug-likeness (QED) is 0.790. The van der Waals surface area contributed by atoms with Gasteiger partial charge < -0.3 is 14.2 Å². The van der Waals surface area contributed by atoms with Crippen LogP contribution in [0.5, 0.6) is 17.2 Å².